The second kappa shape index (κ2) is 6.63. The first-order valence-corrected chi connectivity index (χ1v) is 14.0. The molecular weight excluding hydrogens is 358 g/mol. The molecule has 2 aliphatic rings. The van der Waals surface area contributed by atoms with Crippen LogP contribution in [-0.4, -0.2) is 23.0 Å². The Labute approximate surface area is 168 Å². The molecule has 2 aliphatic carbocycles. The second-order valence-electron chi connectivity index (χ2n) is 9.19. The highest BCUT2D eigenvalue weighted by Gasteiger charge is 2.26. The summed E-state index contributed by atoms with van der Waals surface area (Å²) in [7, 11) is -1.53. The van der Waals surface area contributed by atoms with Crippen LogP contribution in [0.4, 0.5) is 0 Å². The Kier molecular flexibility index (Phi) is 4.20. The maximum absolute atomic E-state index is 5.14. The van der Waals surface area contributed by atoms with E-state index in [0.717, 1.165) is 41.9 Å². The molecule has 3 nitrogen and oxygen atoms in total. The van der Waals surface area contributed by atoms with E-state index in [9.17, 15) is 0 Å². The number of nitrogens with zero attached hydrogens (tertiary/aromatic N) is 3. The number of hydrogen-bond acceptors (Lipinski definition) is 3. The Bertz CT molecular complexity index is 1070. The van der Waals surface area contributed by atoms with E-state index in [0.29, 0.717) is 0 Å². The highest BCUT2D eigenvalue weighted by molar-refractivity contribution is 6.89. The molecule has 0 N–H and O–H groups in total. The lowest BCUT2D eigenvalue weighted by Gasteiger charge is -2.22. The highest BCUT2D eigenvalue weighted by Crippen LogP contribution is 2.28. The van der Waals surface area contributed by atoms with Crippen LogP contribution in [0.2, 0.25) is 19.6 Å². The first-order chi connectivity index (χ1) is 13.5. The van der Waals surface area contributed by atoms with Crippen molar-refractivity contribution in [1.82, 2.24) is 15.0 Å². The molecule has 0 saturated heterocycles. The van der Waals surface area contributed by atoms with Crippen molar-refractivity contribution in [2.75, 3.05) is 0 Å². The Balaban J connectivity index is 1.62. The third-order valence-corrected chi connectivity index (χ3v) is 8.06. The van der Waals surface area contributed by atoms with Crippen molar-refractivity contribution >= 4 is 13.3 Å². The van der Waals surface area contributed by atoms with Crippen LogP contribution in [-0.2, 0) is 25.7 Å². The standard InChI is InChI=1S/C24H27N3Si/c1-28(2,3)23-14-17-8-5-10-20(17)27-24(23)22-12-6-11-21(26-22)18-13-16-7-4-9-19(16)25-15-18/h6,11-15H,4-5,7-10H2,1-3H3. The van der Waals surface area contributed by atoms with Crippen LogP contribution in [0.5, 0.6) is 0 Å². The average molecular weight is 386 g/mol. The van der Waals surface area contributed by atoms with Crippen LogP contribution in [0, 0.1) is 0 Å². The first kappa shape index (κ1) is 17.7. The van der Waals surface area contributed by atoms with Gasteiger partial charge in [-0.05, 0) is 73.0 Å². The SMILES string of the molecule is C[Si](C)(C)c1cc2c(nc1-c1cccc(-c3cnc4c(c3)CCC4)n1)CCC2. The molecule has 0 saturated carbocycles. The zero-order valence-electron chi connectivity index (χ0n) is 17.0. The molecule has 0 aromatic carbocycles. The lowest BCUT2D eigenvalue weighted by atomic mass is 10.1. The fourth-order valence-corrected chi connectivity index (χ4v) is 6.03. The summed E-state index contributed by atoms with van der Waals surface area (Å²) >= 11 is 0. The minimum atomic E-state index is -1.53. The molecule has 4 heteroatoms. The molecule has 0 amide bonds. The van der Waals surface area contributed by atoms with Crippen LogP contribution < -0.4 is 5.19 Å². The molecule has 0 radical (unpaired) electrons. The fraction of sp³-hybridized carbons (Fsp3) is 0.375. The van der Waals surface area contributed by atoms with E-state index in [1.54, 1.807) is 0 Å². The van der Waals surface area contributed by atoms with Gasteiger partial charge >= 0.3 is 0 Å². The second-order valence-corrected chi connectivity index (χ2v) is 14.2. The van der Waals surface area contributed by atoms with E-state index < -0.39 is 8.07 Å². The molecule has 0 atom stereocenters. The van der Waals surface area contributed by atoms with Gasteiger partial charge in [0.1, 0.15) is 0 Å². The Hall–Kier alpha value is -2.33. The maximum atomic E-state index is 5.14. The quantitative estimate of drug-likeness (QED) is 0.612. The van der Waals surface area contributed by atoms with Gasteiger partial charge in [0.25, 0.3) is 0 Å². The van der Waals surface area contributed by atoms with Gasteiger partial charge in [-0.15, -0.1) is 0 Å². The van der Waals surface area contributed by atoms with Crippen molar-refractivity contribution < 1.29 is 0 Å². The van der Waals surface area contributed by atoms with E-state index in [1.807, 2.05) is 6.20 Å². The number of aromatic nitrogens is 3. The minimum absolute atomic E-state index is 1.00. The Morgan fingerprint density at radius 1 is 0.786 bits per heavy atom. The van der Waals surface area contributed by atoms with E-state index >= 15 is 0 Å². The van der Waals surface area contributed by atoms with Gasteiger partial charge in [-0.1, -0.05) is 31.8 Å². The normalized spacial score (nSPS) is 15.5. The van der Waals surface area contributed by atoms with Crippen molar-refractivity contribution in [3.8, 4) is 22.6 Å². The van der Waals surface area contributed by atoms with Gasteiger partial charge in [-0.3, -0.25) is 9.97 Å². The molecule has 5 rings (SSSR count). The number of rotatable bonds is 3. The lowest BCUT2D eigenvalue weighted by molar-refractivity contribution is 0.899. The molecule has 0 unspecified atom stereocenters. The van der Waals surface area contributed by atoms with Crippen molar-refractivity contribution in [2.45, 2.75) is 58.2 Å². The van der Waals surface area contributed by atoms with Crippen LogP contribution in [0.3, 0.4) is 0 Å². The molecule has 142 valence electrons. The summed E-state index contributed by atoms with van der Waals surface area (Å²) in [6, 6.07) is 11.1. The summed E-state index contributed by atoms with van der Waals surface area (Å²) < 4.78 is 0. The molecule has 0 fully saturated rings. The highest BCUT2D eigenvalue weighted by atomic mass is 28.3. The molecule has 0 aliphatic heterocycles. The van der Waals surface area contributed by atoms with Crippen molar-refractivity contribution in [1.29, 1.82) is 0 Å². The summed E-state index contributed by atoms with van der Waals surface area (Å²) in [6.07, 6.45) is 8.97. The predicted molar refractivity (Wildman–Crippen MR) is 118 cm³/mol. The van der Waals surface area contributed by atoms with Gasteiger partial charge in [-0.2, -0.15) is 0 Å². The van der Waals surface area contributed by atoms with Crippen LogP contribution in [0.1, 0.15) is 35.4 Å². The monoisotopic (exact) mass is 385 g/mol. The average Bonchev–Trinajstić information content (AvgIpc) is 3.34. The molecule has 0 spiro atoms. The van der Waals surface area contributed by atoms with E-state index in [4.69, 9.17) is 15.0 Å². The van der Waals surface area contributed by atoms with E-state index in [2.05, 4.69) is 50.0 Å². The van der Waals surface area contributed by atoms with Crippen LogP contribution >= 0.6 is 0 Å². The van der Waals surface area contributed by atoms with Gasteiger partial charge in [0, 0.05) is 23.1 Å². The van der Waals surface area contributed by atoms with Gasteiger partial charge in [0.2, 0.25) is 0 Å². The van der Waals surface area contributed by atoms with Crippen LogP contribution in [0.15, 0.2) is 36.5 Å². The van der Waals surface area contributed by atoms with Crippen molar-refractivity contribution in [3.63, 3.8) is 0 Å². The third kappa shape index (κ3) is 3.10. The minimum Gasteiger partial charge on any atom is -0.260 e. The molecule has 3 aromatic heterocycles. The van der Waals surface area contributed by atoms with Gasteiger partial charge in [-0.25, -0.2) is 4.98 Å². The molecule has 0 bridgehead atoms. The van der Waals surface area contributed by atoms with Crippen LogP contribution in [0.25, 0.3) is 22.6 Å². The summed E-state index contributed by atoms with van der Waals surface area (Å²) in [6.45, 7) is 7.22. The zero-order chi connectivity index (χ0) is 19.3. The molecule has 28 heavy (non-hydrogen) atoms. The molecule has 3 aromatic rings. The Morgan fingerprint density at radius 2 is 1.50 bits per heavy atom. The summed E-state index contributed by atoms with van der Waals surface area (Å²) in [5, 5.41) is 1.44. The number of pyridine rings is 3. The van der Waals surface area contributed by atoms with Gasteiger partial charge in [0.05, 0.1) is 25.2 Å². The lowest BCUT2D eigenvalue weighted by Crippen LogP contribution is -2.40. The molecule has 3 heterocycles. The van der Waals surface area contributed by atoms with Crippen molar-refractivity contribution in [3.05, 3.63) is 59.0 Å². The van der Waals surface area contributed by atoms with E-state index in [-0.39, 0.29) is 0 Å². The third-order valence-electron chi connectivity index (χ3n) is 6.07. The first-order valence-electron chi connectivity index (χ1n) is 10.5. The largest absolute Gasteiger partial charge is 0.260 e. The van der Waals surface area contributed by atoms with Gasteiger partial charge in [0.15, 0.2) is 0 Å². The number of hydrogen-bond donors (Lipinski definition) is 0. The summed E-state index contributed by atoms with van der Waals surface area (Å²) in [5.74, 6) is 0. The zero-order valence-corrected chi connectivity index (χ0v) is 18.0. The number of aryl methyl sites for hydroxylation is 4. The Morgan fingerprint density at radius 3 is 2.29 bits per heavy atom. The van der Waals surface area contributed by atoms with E-state index in [1.165, 1.54) is 47.0 Å². The van der Waals surface area contributed by atoms with Crippen molar-refractivity contribution in [2.24, 2.45) is 0 Å². The fourth-order valence-electron chi connectivity index (χ4n) is 4.53. The smallest absolute Gasteiger partial charge is 0.0892 e. The predicted octanol–water partition coefficient (Wildman–Crippen LogP) is 4.73. The summed E-state index contributed by atoms with van der Waals surface area (Å²) in [4.78, 5) is 14.9. The molecular formula is C24H27N3Si. The summed E-state index contributed by atoms with van der Waals surface area (Å²) in [5.41, 5.74) is 9.63. The maximum Gasteiger partial charge on any atom is 0.0892 e. The number of fused-ring (bicyclic) bond motifs is 2. The van der Waals surface area contributed by atoms with Gasteiger partial charge < -0.3 is 0 Å². The topological polar surface area (TPSA) is 38.7 Å².